The van der Waals surface area contributed by atoms with Gasteiger partial charge in [-0.1, -0.05) is 24.8 Å². The van der Waals surface area contributed by atoms with E-state index >= 15 is 0 Å². The van der Waals surface area contributed by atoms with Crippen molar-refractivity contribution in [3.8, 4) is 0 Å². The molecule has 1 aliphatic heterocycles. The molecular formula is C13H14N2O2. The molecule has 1 aromatic rings. The summed E-state index contributed by atoms with van der Waals surface area (Å²) >= 11 is 0. The van der Waals surface area contributed by atoms with Crippen LogP contribution in [0.2, 0.25) is 0 Å². The molecule has 17 heavy (non-hydrogen) atoms. The van der Waals surface area contributed by atoms with Crippen LogP contribution in [0.5, 0.6) is 0 Å². The van der Waals surface area contributed by atoms with Crippen molar-refractivity contribution in [2.45, 2.75) is 0 Å². The van der Waals surface area contributed by atoms with Gasteiger partial charge in [-0.05, 0) is 18.2 Å². The van der Waals surface area contributed by atoms with Gasteiger partial charge in [0.15, 0.2) is 0 Å². The normalized spacial score (nSPS) is 15.9. The summed E-state index contributed by atoms with van der Waals surface area (Å²) in [6.07, 6.45) is 1.24. The first-order valence-corrected chi connectivity index (χ1v) is 5.49. The highest BCUT2D eigenvalue weighted by Crippen LogP contribution is 2.16. The van der Waals surface area contributed by atoms with Gasteiger partial charge in [-0.2, -0.15) is 0 Å². The molecule has 0 N–H and O–H groups in total. The molecule has 0 aliphatic carbocycles. The van der Waals surface area contributed by atoms with Crippen LogP contribution < -0.4 is 4.90 Å². The van der Waals surface area contributed by atoms with E-state index in [1.165, 1.54) is 11.0 Å². The third-order valence-electron chi connectivity index (χ3n) is 2.77. The Morgan fingerprint density at radius 1 is 1.24 bits per heavy atom. The summed E-state index contributed by atoms with van der Waals surface area (Å²) < 4.78 is 0. The average molecular weight is 230 g/mol. The third kappa shape index (κ3) is 2.36. The van der Waals surface area contributed by atoms with Crippen LogP contribution in [0.3, 0.4) is 0 Å². The van der Waals surface area contributed by atoms with Crippen molar-refractivity contribution in [2.75, 3.05) is 24.5 Å². The Labute approximate surface area is 100 Å². The summed E-state index contributed by atoms with van der Waals surface area (Å²) in [5.74, 6) is -0.247. The van der Waals surface area contributed by atoms with E-state index in [1.807, 2.05) is 30.3 Å². The Balaban J connectivity index is 2.09. The van der Waals surface area contributed by atoms with E-state index < -0.39 is 0 Å². The van der Waals surface area contributed by atoms with Gasteiger partial charge in [0.05, 0.1) is 0 Å². The van der Waals surface area contributed by atoms with Crippen molar-refractivity contribution < 1.29 is 9.59 Å². The number of carbonyl (C=O) groups excluding carboxylic acids is 2. The Bertz CT molecular complexity index is 442. The van der Waals surface area contributed by atoms with E-state index in [0.717, 1.165) is 5.69 Å². The van der Waals surface area contributed by atoms with E-state index in [1.54, 1.807) is 4.90 Å². The van der Waals surface area contributed by atoms with E-state index in [-0.39, 0.29) is 18.4 Å². The molecule has 2 rings (SSSR count). The molecule has 1 fully saturated rings. The van der Waals surface area contributed by atoms with Crippen LogP contribution in [0.25, 0.3) is 0 Å². The molecule has 1 aliphatic rings. The summed E-state index contributed by atoms with van der Waals surface area (Å²) in [6.45, 7) is 4.62. The van der Waals surface area contributed by atoms with E-state index in [9.17, 15) is 9.59 Å². The van der Waals surface area contributed by atoms with Crippen LogP contribution in [0.4, 0.5) is 5.69 Å². The van der Waals surface area contributed by atoms with Crippen molar-refractivity contribution in [2.24, 2.45) is 0 Å². The van der Waals surface area contributed by atoms with Gasteiger partial charge in [-0.3, -0.25) is 9.59 Å². The molecule has 4 heteroatoms. The highest BCUT2D eigenvalue weighted by molar-refractivity contribution is 5.99. The molecule has 1 saturated heterocycles. The van der Waals surface area contributed by atoms with Gasteiger partial charge in [0.1, 0.15) is 6.54 Å². The average Bonchev–Trinajstić information content (AvgIpc) is 2.38. The lowest BCUT2D eigenvalue weighted by Gasteiger charge is -2.33. The highest BCUT2D eigenvalue weighted by atomic mass is 16.2. The molecule has 0 saturated carbocycles. The molecule has 1 heterocycles. The Morgan fingerprint density at radius 3 is 2.53 bits per heavy atom. The van der Waals surface area contributed by atoms with Gasteiger partial charge in [0, 0.05) is 18.8 Å². The third-order valence-corrected chi connectivity index (χ3v) is 2.77. The first kappa shape index (κ1) is 11.4. The second-order valence-electron chi connectivity index (χ2n) is 3.84. The number of para-hydroxylation sites is 1. The number of carbonyl (C=O) groups is 2. The molecule has 0 spiro atoms. The molecule has 2 amide bonds. The maximum atomic E-state index is 11.9. The Hall–Kier alpha value is -2.10. The van der Waals surface area contributed by atoms with Crippen molar-refractivity contribution >= 4 is 17.5 Å². The summed E-state index contributed by atoms with van der Waals surface area (Å²) in [5.41, 5.74) is 0.878. The summed E-state index contributed by atoms with van der Waals surface area (Å²) in [6, 6.07) is 9.48. The van der Waals surface area contributed by atoms with Crippen LogP contribution in [-0.4, -0.2) is 36.3 Å². The fourth-order valence-electron chi connectivity index (χ4n) is 1.87. The molecule has 4 nitrogen and oxygen atoms in total. The maximum absolute atomic E-state index is 11.9. The number of piperazine rings is 1. The predicted molar refractivity (Wildman–Crippen MR) is 65.6 cm³/mol. The standard InChI is InChI=1S/C13H14N2O2/c1-2-12(16)14-8-9-15(13(17)10-14)11-6-4-3-5-7-11/h2-7H,1,8-10H2. The minimum atomic E-state index is -0.189. The number of rotatable bonds is 2. The predicted octanol–water partition coefficient (Wildman–Crippen LogP) is 1.05. The minimum Gasteiger partial charge on any atom is -0.328 e. The van der Waals surface area contributed by atoms with Gasteiger partial charge in [-0.25, -0.2) is 0 Å². The minimum absolute atomic E-state index is 0.0577. The molecule has 0 atom stereocenters. The quantitative estimate of drug-likeness (QED) is 0.712. The first-order chi connectivity index (χ1) is 8.22. The Kier molecular flexibility index (Phi) is 3.23. The Morgan fingerprint density at radius 2 is 1.94 bits per heavy atom. The number of nitrogens with zero attached hydrogens (tertiary/aromatic N) is 2. The van der Waals surface area contributed by atoms with Crippen LogP contribution >= 0.6 is 0 Å². The van der Waals surface area contributed by atoms with Gasteiger partial charge in [0.2, 0.25) is 11.8 Å². The summed E-state index contributed by atoms with van der Waals surface area (Å²) in [4.78, 5) is 26.5. The number of hydrogen-bond donors (Lipinski definition) is 0. The van der Waals surface area contributed by atoms with E-state index in [2.05, 4.69) is 6.58 Å². The molecule has 0 radical (unpaired) electrons. The summed E-state index contributed by atoms with van der Waals surface area (Å²) in [5, 5.41) is 0. The zero-order valence-electron chi connectivity index (χ0n) is 9.50. The van der Waals surface area contributed by atoms with Crippen LogP contribution in [0.1, 0.15) is 0 Å². The molecule has 0 aromatic heterocycles. The monoisotopic (exact) mass is 230 g/mol. The van der Waals surface area contributed by atoms with E-state index in [4.69, 9.17) is 0 Å². The molecular weight excluding hydrogens is 216 g/mol. The van der Waals surface area contributed by atoms with Gasteiger partial charge in [0.25, 0.3) is 0 Å². The maximum Gasteiger partial charge on any atom is 0.246 e. The van der Waals surface area contributed by atoms with Crippen LogP contribution in [-0.2, 0) is 9.59 Å². The van der Waals surface area contributed by atoms with Crippen molar-refractivity contribution in [1.82, 2.24) is 4.90 Å². The molecule has 0 unspecified atom stereocenters. The smallest absolute Gasteiger partial charge is 0.246 e. The zero-order valence-corrected chi connectivity index (χ0v) is 9.50. The molecule has 1 aromatic carbocycles. The van der Waals surface area contributed by atoms with Crippen molar-refractivity contribution in [3.05, 3.63) is 43.0 Å². The van der Waals surface area contributed by atoms with Crippen molar-refractivity contribution in [3.63, 3.8) is 0 Å². The topological polar surface area (TPSA) is 40.6 Å². The lowest BCUT2D eigenvalue weighted by molar-refractivity contribution is -0.133. The van der Waals surface area contributed by atoms with Crippen LogP contribution in [0.15, 0.2) is 43.0 Å². The van der Waals surface area contributed by atoms with E-state index in [0.29, 0.717) is 13.1 Å². The first-order valence-electron chi connectivity index (χ1n) is 5.49. The largest absolute Gasteiger partial charge is 0.328 e. The molecule has 88 valence electrons. The van der Waals surface area contributed by atoms with Gasteiger partial charge >= 0.3 is 0 Å². The number of anilines is 1. The lowest BCUT2D eigenvalue weighted by atomic mass is 10.2. The second kappa shape index (κ2) is 4.82. The van der Waals surface area contributed by atoms with Gasteiger partial charge < -0.3 is 9.80 Å². The number of amides is 2. The lowest BCUT2D eigenvalue weighted by Crippen LogP contribution is -2.52. The van der Waals surface area contributed by atoms with Crippen LogP contribution in [0, 0.1) is 0 Å². The number of hydrogen-bond acceptors (Lipinski definition) is 2. The highest BCUT2D eigenvalue weighted by Gasteiger charge is 2.26. The SMILES string of the molecule is C=CC(=O)N1CCN(c2ccccc2)C(=O)C1. The second-order valence-corrected chi connectivity index (χ2v) is 3.84. The zero-order chi connectivity index (χ0) is 12.3. The number of benzene rings is 1. The fraction of sp³-hybridized carbons (Fsp3) is 0.231. The van der Waals surface area contributed by atoms with Crippen molar-refractivity contribution in [1.29, 1.82) is 0 Å². The fourth-order valence-corrected chi connectivity index (χ4v) is 1.87. The van der Waals surface area contributed by atoms with Gasteiger partial charge in [-0.15, -0.1) is 0 Å². The summed E-state index contributed by atoms with van der Waals surface area (Å²) in [7, 11) is 0. The molecule has 0 bridgehead atoms.